The van der Waals surface area contributed by atoms with Crippen LogP contribution in [0.4, 0.5) is 0 Å². The second-order valence-electron chi connectivity index (χ2n) is 7.04. The van der Waals surface area contributed by atoms with Gasteiger partial charge in [0, 0.05) is 46.9 Å². The molecule has 144 valence electrons. The molecule has 30 heavy (non-hydrogen) atoms. The Morgan fingerprint density at radius 2 is 1.97 bits per heavy atom. The fraction of sp³-hybridized carbons (Fsp3) is 0.0455. The molecule has 8 heteroatoms. The van der Waals surface area contributed by atoms with Gasteiger partial charge in [0.2, 0.25) is 0 Å². The lowest BCUT2D eigenvalue weighted by Crippen LogP contribution is -1.87. The van der Waals surface area contributed by atoms with Gasteiger partial charge in [-0.2, -0.15) is 16.4 Å². The molecule has 0 aliphatic heterocycles. The Morgan fingerprint density at radius 1 is 1.00 bits per heavy atom. The predicted molar refractivity (Wildman–Crippen MR) is 118 cm³/mol. The van der Waals surface area contributed by atoms with Gasteiger partial charge in [-0.05, 0) is 42.1 Å². The maximum Gasteiger partial charge on any atom is 0.181 e. The van der Waals surface area contributed by atoms with E-state index in [0.29, 0.717) is 11.5 Å². The van der Waals surface area contributed by atoms with E-state index in [1.807, 2.05) is 29.9 Å². The van der Waals surface area contributed by atoms with Crippen LogP contribution in [0.1, 0.15) is 5.56 Å². The van der Waals surface area contributed by atoms with Gasteiger partial charge in [0.25, 0.3) is 0 Å². The van der Waals surface area contributed by atoms with Gasteiger partial charge in [-0.15, -0.1) is 0 Å². The van der Waals surface area contributed by atoms with Crippen molar-refractivity contribution in [1.29, 1.82) is 0 Å². The lowest BCUT2D eigenvalue weighted by Gasteiger charge is -2.04. The molecule has 0 amide bonds. The molecule has 0 radical (unpaired) electrons. The molecule has 6 aromatic heterocycles. The molecule has 6 aromatic rings. The highest BCUT2D eigenvalue weighted by molar-refractivity contribution is 7.08. The van der Waals surface area contributed by atoms with Gasteiger partial charge in [0.15, 0.2) is 11.5 Å². The van der Waals surface area contributed by atoms with Crippen LogP contribution >= 0.6 is 11.3 Å². The molecule has 0 fully saturated rings. The Bertz CT molecular complexity index is 1510. The van der Waals surface area contributed by atoms with Gasteiger partial charge in [0.05, 0.1) is 16.6 Å². The second-order valence-corrected chi connectivity index (χ2v) is 7.82. The average Bonchev–Trinajstić information content (AvgIpc) is 3.51. The van der Waals surface area contributed by atoms with Gasteiger partial charge >= 0.3 is 0 Å². The van der Waals surface area contributed by atoms with Crippen molar-refractivity contribution in [3.8, 4) is 33.9 Å². The molecule has 0 aliphatic carbocycles. The molecule has 0 spiro atoms. The summed E-state index contributed by atoms with van der Waals surface area (Å²) >= 11 is 1.64. The standard InChI is InChI=1S/C22H15N7S/c1-12-2-5-23-10-16(12)14-8-15-19(28-29-21(15)25-9-14)22-26-17-3-6-24-18(20(17)27-22)13-4-7-30-11-13/h2-11H,1H3,(H,26,27)(H,25,28,29). The first kappa shape index (κ1) is 17.0. The van der Waals surface area contributed by atoms with Gasteiger partial charge in [-0.25, -0.2) is 9.97 Å². The average molecular weight is 409 g/mol. The number of fused-ring (bicyclic) bond motifs is 2. The number of aromatic nitrogens is 7. The number of hydrogen-bond donors (Lipinski definition) is 2. The van der Waals surface area contributed by atoms with Crippen molar-refractivity contribution in [3.05, 3.63) is 65.4 Å². The zero-order chi connectivity index (χ0) is 20.1. The van der Waals surface area contributed by atoms with E-state index in [-0.39, 0.29) is 0 Å². The Labute approximate surface area is 174 Å². The SMILES string of the molecule is Cc1ccncc1-c1cnc2n[nH]c(-c3nc4c(-c5ccsc5)nccc4[nH]3)c2c1. The van der Waals surface area contributed by atoms with Gasteiger partial charge < -0.3 is 4.98 Å². The maximum atomic E-state index is 4.86. The Balaban J connectivity index is 1.53. The van der Waals surface area contributed by atoms with E-state index in [1.54, 1.807) is 23.7 Å². The monoisotopic (exact) mass is 409 g/mol. The summed E-state index contributed by atoms with van der Waals surface area (Å²) in [6.07, 6.45) is 7.28. The molecule has 2 N–H and O–H groups in total. The van der Waals surface area contributed by atoms with E-state index in [4.69, 9.17) is 4.98 Å². The molecule has 0 atom stereocenters. The summed E-state index contributed by atoms with van der Waals surface area (Å²) in [6, 6.07) is 8.06. The zero-order valence-corrected chi connectivity index (χ0v) is 16.7. The fourth-order valence-electron chi connectivity index (χ4n) is 3.66. The summed E-state index contributed by atoms with van der Waals surface area (Å²) in [5, 5.41) is 12.5. The van der Waals surface area contributed by atoms with E-state index in [0.717, 1.165) is 50.1 Å². The van der Waals surface area contributed by atoms with Crippen LogP contribution in [0.3, 0.4) is 0 Å². The maximum absolute atomic E-state index is 4.86. The van der Waals surface area contributed by atoms with Crippen molar-refractivity contribution in [2.24, 2.45) is 0 Å². The van der Waals surface area contributed by atoms with E-state index in [1.165, 1.54) is 0 Å². The molecule has 6 heterocycles. The van der Waals surface area contributed by atoms with E-state index < -0.39 is 0 Å². The van der Waals surface area contributed by atoms with Crippen LogP contribution in [0, 0.1) is 6.92 Å². The highest BCUT2D eigenvalue weighted by Crippen LogP contribution is 2.32. The largest absolute Gasteiger partial charge is 0.337 e. The molecule has 7 nitrogen and oxygen atoms in total. The van der Waals surface area contributed by atoms with Crippen LogP contribution in [-0.2, 0) is 0 Å². The topological polar surface area (TPSA) is 96.0 Å². The van der Waals surface area contributed by atoms with Crippen molar-refractivity contribution >= 4 is 33.4 Å². The predicted octanol–water partition coefficient (Wildman–Crippen LogP) is 5.00. The Hall–Kier alpha value is -3.91. The Kier molecular flexibility index (Phi) is 3.72. The van der Waals surface area contributed by atoms with Crippen molar-refractivity contribution in [2.45, 2.75) is 6.92 Å². The first-order valence-electron chi connectivity index (χ1n) is 9.41. The van der Waals surface area contributed by atoms with Gasteiger partial charge in [0.1, 0.15) is 11.2 Å². The molecular formula is C22H15N7S. The first-order chi connectivity index (χ1) is 14.8. The molecule has 0 bridgehead atoms. The number of imidazole rings is 1. The third-order valence-electron chi connectivity index (χ3n) is 5.19. The summed E-state index contributed by atoms with van der Waals surface area (Å²) in [5.74, 6) is 0.707. The quantitative estimate of drug-likeness (QED) is 0.429. The first-order valence-corrected chi connectivity index (χ1v) is 10.3. The third-order valence-corrected chi connectivity index (χ3v) is 5.88. The number of rotatable bonds is 3. The third kappa shape index (κ3) is 2.61. The minimum Gasteiger partial charge on any atom is -0.337 e. The second kappa shape index (κ2) is 6.57. The lowest BCUT2D eigenvalue weighted by molar-refractivity contribution is 1.09. The Morgan fingerprint density at radius 3 is 2.83 bits per heavy atom. The molecule has 0 unspecified atom stereocenters. The van der Waals surface area contributed by atoms with Crippen molar-refractivity contribution < 1.29 is 0 Å². The zero-order valence-electron chi connectivity index (χ0n) is 15.9. The molecular weight excluding hydrogens is 394 g/mol. The van der Waals surface area contributed by atoms with Crippen molar-refractivity contribution in [2.75, 3.05) is 0 Å². The molecule has 0 saturated heterocycles. The van der Waals surface area contributed by atoms with Gasteiger partial charge in [-0.1, -0.05) is 0 Å². The molecule has 6 rings (SSSR count). The van der Waals surface area contributed by atoms with E-state index >= 15 is 0 Å². The van der Waals surface area contributed by atoms with E-state index in [9.17, 15) is 0 Å². The van der Waals surface area contributed by atoms with Crippen LogP contribution in [0.5, 0.6) is 0 Å². The molecule has 0 aliphatic rings. The van der Waals surface area contributed by atoms with Crippen molar-refractivity contribution in [1.82, 2.24) is 35.1 Å². The fourth-order valence-corrected chi connectivity index (χ4v) is 4.30. The highest BCUT2D eigenvalue weighted by Gasteiger charge is 2.17. The summed E-state index contributed by atoms with van der Waals surface area (Å²) in [7, 11) is 0. The number of nitrogens with zero attached hydrogens (tertiary/aromatic N) is 5. The number of hydrogen-bond acceptors (Lipinski definition) is 6. The lowest BCUT2D eigenvalue weighted by atomic mass is 10.0. The normalized spacial score (nSPS) is 11.5. The minimum absolute atomic E-state index is 0.645. The van der Waals surface area contributed by atoms with Gasteiger partial charge in [-0.3, -0.25) is 15.1 Å². The summed E-state index contributed by atoms with van der Waals surface area (Å²) in [5.41, 5.74) is 8.32. The van der Waals surface area contributed by atoms with Crippen molar-refractivity contribution in [3.63, 3.8) is 0 Å². The summed E-state index contributed by atoms with van der Waals surface area (Å²) in [6.45, 7) is 2.07. The number of H-pyrrole nitrogens is 2. The van der Waals surface area contributed by atoms with Crippen LogP contribution < -0.4 is 0 Å². The summed E-state index contributed by atoms with van der Waals surface area (Å²) < 4.78 is 0. The summed E-state index contributed by atoms with van der Waals surface area (Å²) in [4.78, 5) is 21.6. The molecule has 0 saturated carbocycles. The highest BCUT2D eigenvalue weighted by atomic mass is 32.1. The number of thiophene rings is 1. The number of nitrogens with one attached hydrogen (secondary N) is 2. The minimum atomic E-state index is 0.645. The number of pyridine rings is 3. The van der Waals surface area contributed by atoms with Crippen LogP contribution in [0.25, 0.3) is 56.0 Å². The van der Waals surface area contributed by atoms with Crippen LogP contribution in [-0.4, -0.2) is 35.1 Å². The smallest absolute Gasteiger partial charge is 0.181 e. The number of aryl methyl sites for hydroxylation is 1. The molecule has 0 aromatic carbocycles. The van der Waals surface area contributed by atoms with E-state index in [2.05, 4.69) is 54.6 Å². The van der Waals surface area contributed by atoms with Crippen LogP contribution in [0.15, 0.2) is 59.8 Å². The number of aromatic amines is 2. The van der Waals surface area contributed by atoms with Crippen LogP contribution in [0.2, 0.25) is 0 Å².